The van der Waals surface area contributed by atoms with Gasteiger partial charge in [-0.3, -0.25) is 4.79 Å². The molecule has 2 aromatic carbocycles. The first kappa shape index (κ1) is 19.7. The van der Waals surface area contributed by atoms with E-state index in [-0.39, 0.29) is 12.0 Å². The third kappa shape index (κ3) is 4.22. The lowest BCUT2D eigenvalue weighted by molar-refractivity contribution is 0.0746. The molecule has 1 fully saturated rings. The number of fused-ring (bicyclic) bond motifs is 1. The van der Waals surface area contributed by atoms with Crippen LogP contribution >= 0.6 is 11.3 Å². The van der Waals surface area contributed by atoms with Crippen molar-refractivity contribution in [3.63, 3.8) is 0 Å². The number of nitrogens with zero attached hydrogens (tertiary/aromatic N) is 3. The number of hydrogen-bond donors (Lipinski definition) is 0. The van der Waals surface area contributed by atoms with Gasteiger partial charge in [0, 0.05) is 31.7 Å². The molecule has 6 heteroatoms. The molecule has 0 saturated carbocycles. The van der Waals surface area contributed by atoms with Crippen LogP contribution in [0.25, 0.3) is 10.2 Å². The Morgan fingerprint density at radius 3 is 2.41 bits per heavy atom. The SMILES string of the molecule is Cc1cc(C)c2sc(N3CCN(C(=O)c4ccc(OC(C)C)cc4)CC3)nc2c1. The molecule has 1 aliphatic rings. The zero-order valence-corrected chi connectivity index (χ0v) is 18.3. The zero-order chi connectivity index (χ0) is 20.5. The minimum atomic E-state index is 0.0801. The molecule has 0 radical (unpaired) electrons. The average Bonchev–Trinajstić information content (AvgIpc) is 3.12. The van der Waals surface area contributed by atoms with Crippen molar-refractivity contribution in [2.24, 2.45) is 0 Å². The number of ether oxygens (including phenoxy) is 1. The molecule has 5 nitrogen and oxygen atoms in total. The van der Waals surface area contributed by atoms with E-state index in [2.05, 4.69) is 30.9 Å². The van der Waals surface area contributed by atoms with Gasteiger partial charge in [0.2, 0.25) is 0 Å². The topological polar surface area (TPSA) is 45.7 Å². The van der Waals surface area contributed by atoms with Crippen molar-refractivity contribution in [2.45, 2.75) is 33.8 Å². The van der Waals surface area contributed by atoms with E-state index in [0.717, 1.165) is 29.5 Å². The highest BCUT2D eigenvalue weighted by Gasteiger charge is 2.24. The van der Waals surface area contributed by atoms with E-state index >= 15 is 0 Å². The minimum absolute atomic E-state index is 0.0801. The predicted octanol–water partition coefficient (Wildman–Crippen LogP) is 4.66. The normalized spacial score (nSPS) is 14.7. The van der Waals surface area contributed by atoms with E-state index in [0.29, 0.717) is 18.7 Å². The lowest BCUT2D eigenvalue weighted by Gasteiger charge is -2.34. The highest BCUT2D eigenvalue weighted by atomic mass is 32.1. The molecule has 1 aliphatic heterocycles. The first-order chi connectivity index (χ1) is 13.9. The van der Waals surface area contributed by atoms with Crippen molar-refractivity contribution in [3.8, 4) is 5.75 Å². The summed E-state index contributed by atoms with van der Waals surface area (Å²) in [6.45, 7) is 11.3. The van der Waals surface area contributed by atoms with Gasteiger partial charge in [-0.05, 0) is 69.2 Å². The number of thiazole rings is 1. The number of hydrogen-bond acceptors (Lipinski definition) is 5. The van der Waals surface area contributed by atoms with Crippen LogP contribution in [0, 0.1) is 13.8 Å². The predicted molar refractivity (Wildman–Crippen MR) is 119 cm³/mol. The molecule has 152 valence electrons. The Kier molecular flexibility index (Phi) is 5.46. The molecule has 29 heavy (non-hydrogen) atoms. The van der Waals surface area contributed by atoms with E-state index in [4.69, 9.17) is 9.72 Å². The summed E-state index contributed by atoms with van der Waals surface area (Å²) in [5.41, 5.74) is 4.31. The van der Waals surface area contributed by atoms with Gasteiger partial charge in [0.25, 0.3) is 5.91 Å². The van der Waals surface area contributed by atoms with Crippen LogP contribution in [0.4, 0.5) is 5.13 Å². The molecule has 0 unspecified atom stereocenters. The Morgan fingerprint density at radius 2 is 1.76 bits per heavy atom. The third-order valence-corrected chi connectivity index (χ3v) is 6.39. The first-order valence-electron chi connectivity index (χ1n) is 10.1. The summed E-state index contributed by atoms with van der Waals surface area (Å²) in [7, 11) is 0. The molecule has 1 saturated heterocycles. The average molecular weight is 410 g/mol. The maximum Gasteiger partial charge on any atom is 0.253 e. The molecule has 0 N–H and O–H groups in total. The van der Waals surface area contributed by atoms with Crippen molar-refractivity contribution in [3.05, 3.63) is 53.1 Å². The second-order valence-electron chi connectivity index (χ2n) is 7.90. The number of benzene rings is 2. The van der Waals surface area contributed by atoms with Gasteiger partial charge >= 0.3 is 0 Å². The molecule has 1 amide bonds. The summed E-state index contributed by atoms with van der Waals surface area (Å²) < 4.78 is 6.92. The van der Waals surface area contributed by atoms with Crippen LogP contribution in [0.15, 0.2) is 36.4 Å². The largest absolute Gasteiger partial charge is 0.491 e. The Balaban J connectivity index is 1.41. The number of piperazine rings is 1. The summed E-state index contributed by atoms with van der Waals surface area (Å²) in [5.74, 6) is 0.874. The monoisotopic (exact) mass is 409 g/mol. The molecule has 0 bridgehead atoms. The second kappa shape index (κ2) is 8.03. The standard InChI is InChI=1S/C23H27N3O2S/c1-15(2)28-19-7-5-18(6-8-19)22(27)25-9-11-26(12-10-25)23-24-20-14-16(3)13-17(4)21(20)29-23/h5-8,13-15H,9-12H2,1-4H3. The van der Waals surface area contributed by atoms with Gasteiger partial charge in [-0.1, -0.05) is 17.4 Å². The molecule has 0 spiro atoms. The molecule has 4 rings (SSSR count). The summed E-state index contributed by atoms with van der Waals surface area (Å²) in [4.78, 5) is 21.9. The summed E-state index contributed by atoms with van der Waals surface area (Å²) in [6, 6.07) is 11.8. The number of amides is 1. The van der Waals surface area contributed by atoms with Crippen LogP contribution in [0.5, 0.6) is 5.75 Å². The highest BCUT2D eigenvalue weighted by molar-refractivity contribution is 7.22. The fraction of sp³-hybridized carbons (Fsp3) is 0.391. The van der Waals surface area contributed by atoms with Crippen molar-refractivity contribution in [1.29, 1.82) is 0 Å². The maximum atomic E-state index is 12.9. The van der Waals surface area contributed by atoms with Gasteiger partial charge in [0.15, 0.2) is 5.13 Å². The summed E-state index contributed by atoms with van der Waals surface area (Å²) >= 11 is 1.75. The Bertz CT molecular complexity index is 1020. The van der Waals surface area contributed by atoms with E-state index in [1.807, 2.05) is 43.0 Å². The molecule has 0 aliphatic carbocycles. The Labute approximate surface area is 175 Å². The molecule has 3 aromatic rings. The van der Waals surface area contributed by atoms with E-state index in [1.54, 1.807) is 11.3 Å². The van der Waals surface area contributed by atoms with Crippen LogP contribution < -0.4 is 9.64 Å². The smallest absolute Gasteiger partial charge is 0.253 e. The van der Waals surface area contributed by atoms with Gasteiger partial charge in [-0.15, -0.1) is 0 Å². The van der Waals surface area contributed by atoms with Crippen molar-refractivity contribution >= 4 is 32.6 Å². The van der Waals surface area contributed by atoms with E-state index in [1.165, 1.54) is 15.8 Å². The van der Waals surface area contributed by atoms with Gasteiger partial charge < -0.3 is 14.5 Å². The summed E-state index contributed by atoms with van der Waals surface area (Å²) in [6.07, 6.45) is 0.125. The number of aryl methyl sites for hydroxylation is 2. The zero-order valence-electron chi connectivity index (χ0n) is 17.4. The van der Waals surface area contributed by atoms with Crippen LogP contribution in [0.1, 0.15) is 35.3 Å². The lowest BCUT2D eigenvalue weighted by Crippen LogP contribution is -2.48. The van der Waals surface area contributed by atoms with Gasteiger partial charge in [-0.25, -0.2) is 4.98 Å². The minimum Gasteiger partial charge on any atom is -0.491 e. The van der Waals surface area contributed by atoms with Crippen molar-refractivity contribution in [2.75, 3.05) is 31.1 Å². The van der Waals surface area contributed by atoms with Crippen molar-refractivity contribution < 1.29 is 9.53 Å². The second-order valence-corrected chi connectivity index (χ2v) is 8.87. The number of aromatic nitrogens is 1. The Hall–Kier alpha value is -2.60. The Morgan fingerprint density at radius 1 is 1.07 bits per heavy atom. The number of rotatable bonds is 4. The van der Waals surface area contributed by atoms with Crippen LogP contribution in [0.3, 0.4) is 0 Å². The highest BCUT2D eigenvalue weighted by Crippen LogP contribution is 2.32. The van der Waals surface area contributed by atoms with Gasteiger partial charge in [0.1, 0.15) is 5.75 Å². The summed E-state index contributed by atoms with van der Waals surface area (Å²) in [5, 5.41) is 1.05. The fourth-order valence-electron chi connectivity index (χ4n) is 3.73. The maximum absolute atomic E-state index is 12.9. The molecule has 0 atom stereocenters. The number of anilines is 1. The number of carbonyl (C=O) groups excluding carboxylic acids is 1. The molecular formula is C23H27N3O2S. The van der Waals surface area contributed by atoms with Crippen LogP contribution in [-0.4, -0.2) is 48.1 Å². The van der Waals surface area contributed by atoms with Gasteiger partial charge in [-0.2, -0.15) is 0 Å². The third-order valence-electron chi connectivity index (χ3n) is 5.12. The van der Waals surface area contributed by atoms with Gasteiger partial charge in [0.05, 0.1) is 16.3 Å². The van der Waals surface area contributed by atoms with E-state index in [9.17, 15) is 4.79 Å². The quantitative estimate of drug-likeness (QED) is 0.629. The van der Waals surface area contributed by atoms with E-state index < -0.39 is 0 Å². The van der Waals surface area contributed by atoms with Crippen LogP contribution in [0.2, 0.25) is 0 Å². The number of carbonyl (C=O) groups is 1. The first-order valence-corrected chi connectivity index (χ1v) is 10.9. The van der Waals surface area contributed by atoms with Crippen molar-refractivity contribution in [1.82, 2.24) is 9.88 Å². The fourth-order valence-corrected chi connectivity index (χ4v) is 4.80. The molecule has 2 heterocycles. The molecular weight excluding hydrogens is 382 g/mol. The lowest BCUT2D eigenvalue weighted by atomic mass is 10.1. The molecule has 1 aromatic heterocycles. The van der Waals surface area contributed by atoms with Crippen LogP contribution in [-0.2, 0) is 0 Å².